The number of amides is 2. The first-order chi connectivity index (χ1) is 12.2. The van der Waals surface area contributed by atoms with Crippen molar-refractivity contribution < 1.29 is 9.59 Å². The fourth-order valence-electron chi connectivity index (χ4n) is 3.45. The quantitative estimate of drug-likeness (QED) is 0.841. The third-order valence-corrected chi connectivity index (χ3v) is 5.72. The average molecular weight is 356 g/mol. The van der Waals surface area contributed by atoms with Crippen LogP contribution in [0.15, 0.2) is 30.3 Å². The van der Waals surface area contributed by atoms with Gasteiger partial charge >= 0.3 is 0 Å². The van der Waals surface area contributed by atoms with Gasteiger partial charge in [0.1, 0.15) is 5.01 Å². The van der Waals surface area contributed by atoms with E-state index >= 15 is 0 Å². The zero-order chi connectivity index (χ0) is 17.2. The Kier molecular flexibility index (Phi) is 4.48. The minimum atomic E-state index is -0.243. The molecule has 130 valence electrons. The molecule has 3 heterocycles. The predicted octanol–water partition coefficient (Wildman–Crippen LogP) is 2.10. The van der Waals surface area contributed by atoms with Crippen molar-refractivity contribution in [1.29, 1.82) is 0 Å². The number of hydrogen-bond donors (Lipinski definition) is 0. The van der Waals surface area contributed by atoms with Gasteiger partial charge in [-0.3, -0.25) is 14.5 Å². The van der Waals surface area contributed by atoms with Gasteiger partial charge in [0.15, 0.2) is 0 Å². The molecule has 2 aliphatic rings. The Bertz CT molecular complexity index is 770. The molecule has 0 bridgehead atoms. The second kappa shape index (κ2) is 6.92. The summed E-state index contributed by atoms with van der Waals surface area (Å²) in [5, 5.41) is 9.88. The number of carbonyl (C=O) groups excluding carboxylic acids is 2. The number of anilines is 1. The molecule has 0 radical (unpaired) electrons. The summed E-state index contributed by atoms with van der Waals surface area (Å²) in [6, 6.07) is 10.1. The van der Waals surface area contributed by atoms with Crippen LogP contribution in [0.25, 0.3) is 0 Å². The number of benzene rings is 1. The van der Waals surface area contributed by atoms with E-state index in [4.69, 9.17) is 0 Å². The van der Waals surface area contributed by atoms with Crippen molar-refractivity contribution >= 4 is 28.3 Å². The molecule has 25 heavy (non-hydrogen) atoms. The van der Waals surface area contributed by atoms with Crippen LogP contribution in [0.5, 0.6) is 0 Å². The summed E-state index contributed by atoms with van der Waals surface area (Å²) in [4.78, 5) is 28.4. The van der Waals surface area contributed by atoms with Gasteiger partial charge in [0.25, 0.3) is 0 Å². The maximum Gasteiger partial charge on any atom is 0.229 e. The van der Waals surface area contributed by atoms with Gasteiger partial charge in [-0.05, 0) is 18.4 Å². The molecule has 1 aromatic heterocycles. The fraction of sp³-hybridized carbons (Fsp3) is 0.444. The van der Waals surface area contributed by atoms with E-state index in [1.807, 2.05) is 35.2 Å². The molecule has 7 heteroatoms. The van der Waals surface area contributed by atoms with Gasteiger partial charge in [-0.2, -0.15) is 0 Å². The van der Waals surface area contributed by atoms with Crippen LogP contribution in [0, 0.1) is 5.92 Å². The monoisotopic (exact) mass is 356 g/mol. The van der Waals surface area contributed by atoms with Gasteiger partial charge in [0.2, 0.25) is 16.9 Å². The molecule has 0 spiro atoms. The van der Waals surface area contributed by atoms with Crippen LogP contribution in [0.2, 0.25) is 0 Å². The molecule has 2 aliphatic heterocycles. The Morgan fingerprint density at radius 1 is 1.16 bits per heavy atom. The van der Waals surface area contributed by atoms with Crippen molar-refractivity contribution in [2.75, 3.05) is 24.5 Å². The molecule has 6 nitrogen and oxygen atoms in total. The highest BCUT2D eigenvalue weighted by atomic mass is 32.1. The summed E-state index contributed by atoms with van der Waals surface area (Å²) < 4.78 is 0. The van der Waals surface area contributed by atoms with Crippen LogP contribution >= 0.6 is 11.3 Å². The number of hydrogen-bond acceptors (Lipinski definition) is 5. The zero-order valence-corrected chi connectivity index (χ0v) is 14.7. The number of nitrogens with zero attached hydrogens (tertiary/aromatic N) is 4. The van der Waals surface area contributed by atoms with Crippen LogP contribution in [-0.2, 0) is 16.0 Å². The van der Waals surface area contributed by atoms with Crippen molar-refractivity contribution in [3.8, 4) is 0 Å². The van der Waals surface area contributed by atoms with Gasteiger partial charge in [-0.15, -0.1) is 10.2 Å². The smallest absolute Gasteiger partial charge is 0.229 e. The first kappa shape index (κ1) is 16.2. The zero-order valence-electron chi connectivity index (χ0n) is 13.9. The summed E-state index contributed by atoms with van der Waals surface area (Å²) in [7, 11) is 0. The first-order valence-corrected chi connectivity index (χ1v) is 9.48. The van der Waals surface area contributed by atoms with Gasteiger partial charge in [-0.1, -0.05) is 41.7 Å². The molecule has 2 saturated heterocycles. The van der Waals surface area contributed by atoms with E-state index < -0.39 is 0 Å². The number of likely N-dealkylation sites (tertiary alicyclic amines) is 1. The summed E-state index contributed by atoms with van der Waals surface area (Å²) in [5.41, 5.74) is 1.17. The minimum Gasteiger partial charge on any atom is -0.342 e. The van der Waals surface area contributed by atoms with Crippen molar-refractivity contribution in [2.24, 2.45) is 5.92 Å². The molecular weight excluding hydrogens is 336 g/mol. The van der Waals surface area contributed by atoms with Crippen LogP contribution in [0.3, 0.4) is 0 Å². The lowest BCUT2D eigenvalue weighted by Gasteiger charge is -2.19. The van der Waals surface area contributed by atoms with Crippen LogP contribution in [0.4, 0.5) is 5.13 Å². The Morgan fingerprint density at radius 3 is 2.68 bits per heavy atom. The van der Waals surface area contributed by atoms with Gasteiger partial charge < -0.3 is 4.90 Å². The maximum absolute atomic E-state index is 12.5. The van der Waals surface area contributed by atoms with Crippen LogP contribution in [0.1, 0.15) is 29.8 Å². The largest absolute Gasteiger partial charge is 0.342 e. The molecule has 1 aromatic carbocycles. The topological polar surface area (TPSA) is 66.4 Å². The summed E-state index contributed by atoms with van der Waals surface area (Å²) in [5.74, 6) is -0.158. The lowest BCUT2D eigenvalue weighted by atomic mass is 10.1. The predicted molar refractivity (Wildman–Crippen MR) is 95.4 cm³/mol. The van der Waals surface area contributed by atoms with E-state index in [1.165, 1.54) is 16.9 Å². The second-order valence-corrected chi connectivity index (χ2v) is 7.62. The standard InChI is InChI=1S/C18H20N4O2S/c23-16-11-14(17(24)21-8-4-5-9-21)12-22(16)18-20-19-15(25-18)10-13-6-2-1-3-7-13/h1-3,6-7,14H,4-5,8-12H2. The SMILES string of the molecule is O=C(C1CC(=O)N(c2nnc(Cc3ccccc3)s2)C1)N1CCCC1. The van der Waals surface area contributed by atoms with Crippen molar-refractivity contribution in [2.45, 2.75) is 25.7 Å². The van der Waals surface area contributed by atoms with Crippen LogP contribution < -0.4 is 4.90 Å². The third-order valence-electron chi connectivity index (χ3n) is 4.78. The summed E-state index contributed by atoms with van der Waals surface area (Å²) in [6.07, 6.45) is 3.12. The molecule has 2 aromatic rings. The fourth-order valence-corrected chi connectivity index (χ4v) is 4.35. The lowest BCUT2D eigenvalue weighted by Crippen LogP contribution is -2.35. The average Bonchev–Trinajstić information content (AvgIpc) is 3.35. The van der Waals surface area contributed by atoms with E-state index in [0.717, 1.165) is 30.9 Å². The normalized spacial score (nSPS) is 20.5. The molecule has 0 saturated carbocycles. The van der Waals surface area contributed by atoms with Crippen molar-refractivity contribution in [3.63, 3.8) is 0 Å². The molecule has 4 rings (SSSR count). The summed E-state index contributed by atoms with van der Waals surface area (Å²) >= 11 is 1.43. The number of carbonyl (C=O) groups is 2. The van der Waals surface area contributed by atoms with E-state index in [1.54, 1.807) is 4.90 Å². The Morgan fingerprint density at radius 2 is 1.92 bits per heavy atom. The van der Waals surface area contributed by atoms with E-state index in [0.29, 0.717) is 18.1 Å². The van der Waals surface area contributed by atoms with Gasteiger partial charge in [0.05, 0.1) is 5.92 Å². The minimum absolute atomic E-state index is 0.0278. The molecule has 1 atom stereocenters. The Balaban J connectivity index is 1.43. The highest BCUT2D eigenvalue weighted by Gasteiger charge is 2.39. The highest BCUT2D eigenvalue weighted by Crippen LogP contribution is 2.30. The van der Waals surface area contributed by atoms with Gasteiger partial charge in [-0.25, -0.2) is 0 Å². The molecule has 0 N–H and O–H groups in total. The third kappa shape index (κ3) is 3.42. The number of aromatic nitrogens is 2. The van der Waals surface area contributed by atoms with Gasteiger partial charge in [0, 0.05) is 32.5 Å². The summed E-state index contributed by atoms with van der Waals surface area (Å²) in [6.45, 7) is 2.07. The number of rotatable bonds is 4. The molecule has 1 unspecified atom stereocenters. The van der Waals surface area contributed by atoms with Crippen LogP contribution in [-0.4, -0.2) is 46.5 Å². The molecule has 2 fully saturated rings. The van der Waals surface area contributed by atoms with Crippen molar-refractivity contribution in [3.05, 3.63) is 40.9 Å². The molecule has 2 amide bonds. The maximum atomic E-state index is 12.5. The molecular formula is C18H20N4O2S. The first-order valence-electron chi connectivity index (χ1n) is 8.66. The second-order valence-electron chi connectivity index (χ2n) is 6.58. The molecule has 0 aliphatic carbocycles. The Labute approximate surface area is 150 Å². The highest BCUT2D eigenvalue weighted by molar-refractivity contribution is 7.15. The van der Waals surface area contributed by atoms with Crippen molar-refractivity contribution in [1.82, 2.24) is 15.1 Å². The Hall–Kier alpha value is -2.28. The van der Waals surface area contributed by atoms with E-state index in [9.17, 15) is 9.59 Å². The van der Waals surface area contributed by atoms with E-state index in [-0.39, 0.29) is 24.2 Å². The lowest BCUT2D eigenvalue weighted by molar-refractivity contribution is -0.134. The van der Waals surface area contributed by atoms with E-state index in [2.05, 4.69) is 10.2 Å².